The molecule has 25 heavy (non-hydrogen) atoms. The summed E-state index contributed by atoms with van der Waals surface area (Å²) in [6.07, 6.45) is 3.50. The first-order chi connectivity index (χ1) is 12.2. The Morgan fingerprint density at radius 1 is 1.16 bits per heavy atom. The molecule has 2 aromatic rings. The summed E-state index contributed by atoms with van der Waals surface area (Å²) in [6.45, 7) is 4.01. The molecule has 0 unspecified atom stereocenters. The van der Waals surface area contributed by atoms with Crippen LogP contribution in [0.1, 0.15) is 41.0 Å². The molecule has 132 valence electrons. The molecule has 1 N–H and O–H groups in total. The quantitative estimate of drug-likeness (QED) is 0.897. The van der Waals surface area contributed by atoms with Crippen LogP contribution in [0, 0.1) is 6.92 Å². The van der Waals surface area contributed by atoms with Gasteiger partial charge in [-0.3, -0.25) is 4.79 Å². The lowest BCUT2D eigenvalue weighted by Crippen LogP contribution is -2.32. The Labute approximate surface area is 147 Å². The summed E-state index contributed by atoms with van der Waals surface area (Å²) >= 11 is 0. The average Bonchev–Trinajstić information content (AvgIpc) is 2.67. The molecule has 1 amide bonds. The standard InChI is InChI=1S/C18H23N5O2/c1-13-8-4-5-9-14(13)16(24)19-12-15-20-17(22-18(21-15)25-2)23-10-6-3-7-11-23/h4-5,8-9H,3,6-7,10-12H2,1-2H3,(H,19,24). The normalized spacial score (nSPS) is 14.2. The molecular formula is C18H23N5O2. The van der Waals surface area contributed by atoms with E-state index in [9.17, 15) is 4.79 Å². The van der Waals surface area contributed by atoms with Crippen LogP contribution < -0.4 is 15.0 Å². The van der Waals surface area contributed by atoms with Crippen LogP contribution in [0.5, 0.6) is 6.01 Å². The molecular weight excluding hydrogens is 318 g/mol. The van der Waals surface area contributed by atoms with E-state index >= 15 is 0 Å². The lowest BCUT2D eigenvalue weighted by atomic mass is 10.1. The molecule has 1 aromatic heterocycles. The van der Waals surface area contributed by atoms with Gasteiger partial charge in [-0.05, 0) is 37.8 Å². The number of methoxy groups -OCH3 is 1. The van der Waals surface area contributed by atoms with Crippen LogP contribution in [0.4, 0.5) is 5.95 Å². The fourth-order valence-electron chi connectivity index (χ4n) is 2.87. The minimum Gasteiger partial charge on any atom is -0.467 e. The maximum atomic E-state index is 12.4. The van der Waals surface area contributed by atoms with Gasteiger partial charge in [-0.25, -0.2) is 0 Å². The molecule has 0 radical (unpaired) electrons. The number of nitrogens with one attached hydrogen (secondary N) is 1. The zero-order chi connectivity index (χ0) is 17.6. The fraction of sp³-hybridized carbons (Fsp3) is 0.444. The Hall–Kier alpha value is -2.70. The van der Waals surface area contributed by atoms with Crippen molar-refractivity contribution in [3.63, 3.8) is 0 Å². The van der Waals surface area contributed by atoms with Crippen molar-refractivity contribution in [2.75, 3.05) is 25.1 Å². The lowest BCUT2D eigenvalue weighted by Gasteiger charge is -2.26. The number of rotatable bonds is 5. The second-order valence-corrected chi connectivity index (χ2v) is 6.08. The average molecular weight is 341 g/mol. The van der Waals surface area contributed by atoms with E-state index in [4.69, 9.17) is 4.74 Å². The van der Waals surface area contributed by atoms with Crippen molar-refractivity contribution in [3.05, 3.63) is 41.2 Å². The minimum atomic E-state index is -0.142. The molecule has 2 heterocycles. The van der Waals surface area contributed by atoms with Crippen LogP contribution in [0.15, 0.2) is 24.3 Å². The Bertz CT molecular complexity index is 744. The fourth-order valence-corrected chi connectivity index (χ4v) is 2.87. The van der Waals surface area contributed by atoms with Gasteiger partial charge in [0, 0.05) is 18.7 Å². The number of ether oxygens (including phenoxy) is 1. The summed E-state index contributed by atoms with van der Waals surface area (Å²) in [7, 11) is 1.53. The van der Waals surface area contributed by atoms with Crippen molar-refractivity contribution >= 4 is 11.9 Å². The number of carbonyl (C=O) groups excluding carboxylic acids is 1. The maximum absolute atomic E-state index is 12.4. The molecule has 0 bridgehead atoms. The van der Waals surface area contributed by atoms with Crippen LogP contribution in [0.2, 0.25) is 0 Å². The summed E-state index contributed by atoms with van der Waals surface area (Å²) < 4.78 is 5.20. The largest absolute Gasteiger partial charge is 0.467 e. The van der Waals surface area contributed by atoms with E-state index in [2.05, 4.69) is 25.2 Å². The van der Waals surface area contributed by atoms with Gasteiger partial charge in [0.15, 0.2) is 5.82 Å². The van der Waals surface area contributed by atoms with Gasteiger partial charge in [0.2, 0.25) is 5.95 Å². The van der Waals surface area contributed by atoms with E-state index in [1.165, 1.54) is 13.5 Å². The number of benzene rings is 1. The molecule has 0 aliphatic carbocycles. The molecule has 3 rings (SSSR count). The van der Waals surface area contributed by atoms with Crippen molar-refractivity contribution < 1.29 is 9.53 Å². The smallest absolute Gasteiger partial charge is 0.321 e. The van der Waals surface area contributed by atoms with Crippen LogP contribution in [-0.4, -0.2) is 41.1 Å². The third-order valence-corrected chi connectivity index (χ3v) is 4.27. The Morgan fingerprint density at radius 2 is 1.92 bits per heavy atom. The van der Waals surface area contributed by atoms with Gasteiger partial charge in [-0.15, -0.1) is 0 Å². The first-order valence-corrected chi connectivity index (χ1v) is 8.55. The molecule has 7 heteroatoms. The zero-order valence-electron chi connectivity index (χ0n) is 14.7. The van der Waals surface area contributed by atoms with Crippen molar-refractivity contribution in [3.8, 4) is 6.01 Å². The third kappa shape index (κ3) is 4.23. The number of nitrogens with zero attached hydrogens (tertiary/aromatic N) is 4. The van der Waals surface area contributed by atoms with E-state index in [0.29, 0.717) is 17.3 Å². The number of aromatic nitrogens is 3. The SMILES string of the molecule is COc1nc(CNC(=O)c2ccccc2C)nc(N2CCCCC2)n1. The second-order valence-electron chi connectivity index (χ2n) is 6.08. The summed E-state index contributed by atoms with van der Waals surface area (Å²) in [5.74, 6) is 0.970. The first kappa shape index (κ1) is 17.1. The Balaban J connectivity index is 1.73. The molecule has 1 aliphatic rings. The summed E-state index contributed by atoms with van der Waals surface area (Å²) in [4.78, 5) is 27.6. The van der Waals surface area contributed by atoms with E-state index in [-0.39, 0.29) is 18.5 Å². The van der Waals surface area contributed by atoms with Gasteiger partial charge in [0.1, 0.15) is 0 Å². The number of hydrogen-bond donors (Lipinski definition) is 1. The van der Waals surface area contributed by atoms with Gasteiger partial charge >= 0.3 is 6.01 Å². The van der Waals surface area contributed by atoms with E-state index < -0.39 is 0 Å². The van der Waals surface area contributed by atoms with Gasteiger partial charge in [-0.2, -0.15) is 15.0 Å². The molecule has 1 aliphatic heterocycles. The lowest BCUT2D eigenvalue weighted by molar-refractivity contribution is 0.0949. The Kier molecular flexibility index (Phi) is 5.42. The van der Waals surface area contributed by atoms with Crippen LogP contribution >= 0.6 is 0 Å². The molecule has 0 saturated carbocycles. The number of aryl methyl sites for hydroxylation is 1. The summed E-state index contributed by atoms with van der Waals surface area (Å²) in [5.41, 5.74) is 1.59. The van der Waals surface area contributed by atoms with Gasteiger partial charge in [0.25, 0.3) is 5.91 Å². The highest BCUT2D eigenvalue weighted by molar-refractivity contribution is 5.95. The zero-order valence-corrected chi connectivity index (χ0v) is 14.7. The van der Waals surface area contributed by atoms with Gasteiger partial charge in [-0.1, -0.05) is 18.2 Å². The second kappa shape index (κ2) is 7.92. The summed E-state index contributed by atoms with van der Waals surface area (Å²) in [5, 5.41) is 2.87. The maximum Gasteiger partial charge on any atom is 0.321 e. The molecule has 1 fully saturated rings. The molecule has 0 atom stereocenters. The number of amides is 1. The Morgan fingerprint density at radius 3 is 2.64 bits per heavy atom. The predicted octanol–water partition coefficient (Wildman–Crippen LogP) is 2.11. The minimum absolute atomic E-state index is 0.142. The monoisotopic (exact) mass is 341 g/mol. The first-order valence-electron chi connectivity index (χ1n) is 8.55. The van der Waals surface area contributed by atoms with E-state index in [1.807, 2.05) is 25.1 Å². The number of carbonyl (C=O) groups is 1. The van der Waals surface area contributed by atoms with Gasteiger partial charge < -0.3 is 15.0 Å². The number of piperidine rings is 1. The van der Waals surface area contributed by atoms with Crippen molar-refractivity contribution in [2.24, 2.45) is 0 Å². The molecule has 1 aromatic carbocycles. The van der Waals surface area contributed by atoms with E-state index in [0.717, 1.165) is 31.5 Å². The number of anilines is 1. The molecule has 0 spiro atoms. The number of hydrogen-bond acceptors (Lipinski definition) is 6. The van der Waals surface area contributed by atoms with Crippen molar-refractivity contribution in [1.82, 2.24) is 20.3 Å². The molecule has 1 saturated heterocycles. The highest BCUT2D eigenvalue weighted by atomic mass is 16.5. The van der Waals surface area contributed by atoms with E-state index in [1.54, 1.807) is 6.07 Å². The summed E-state index contributed by atoms with van der Waals surface area (Å²) in [6, 6.07) is 7.75. The highest BCUT2D eigenvalue weighted by Crippen LogP contribution is 2.17. The van der Waals surface area contributed by atoms with Crippen molar-refractivity contribution in [1.29, 1.82) is 0 Å². The van der Waals surface area contributed by atoms with Crippen LogP contribution in [-0.2, 0) is 6.54 Å². The van der Waals surface area contributed by atoms with Gasteiger partial charge in [0.05, 0.1) is 13.7 Å². The highest BCUT2D eigenvalue weighted by Gasteiger charge is 2.17. The molecule has 7 nitrogen and oxygen atoms in total. The predicted molar refractivity (Wildman–Crippen MR) is 94.8 cm³/mol. The van der Waals surface area contributed by atoms with Crippen molar-refractivity contribution in [2.45, 2.75) is 32.7 Å². The van der Waals surface area contributed by atoms with Crippen LogP contribution in [0.3, 0.4) is 0 Å². The van der Waals surface area contributed by atoms with Crippen LogP contribution in [0.25, 0.3) is 0 Å². The third-order valence-electron chi connectivity index (χ3n) is 4.27. The topological polar surface area (TPSA) is 80.2 Å².